The van der Waals surface area contributed by atoms with Crippen LogP contribution >= 0.6 is 0 Å². The molecule has 3 aliphatic heterocycles. The lowest BCUT2D eigenvalue weighted by Gasteiger charge is -2.36. The molecule has 2 unspecified atom stereocenters. The fraction of sp³-hybridized carbons (Fsp3) is 0.619. The second-order valence-electron chi connectivity index (χ2n) is 8.28. The Balaban J connectivity index is 1.26. The van der Waals surface area contributed by atoms with Crippen LogP contribution in [0.4, 0.5) is 4.39 Å². The van der Waals surface area contributed by atoms with Crippen LogP contribution in [0, 0.1) is 17.7 Å². The van der Waals surface area contributed by atoms with Crippen molar-refractivity contribution >= 4 is 11.8 Å². The molecular weight excluding hydrogens is 345 g/mol. The van der Waals surface area contributed by atoms with Crippen LogP contribution in [0.5, 0.6) is 0 Å². The molecule has 1 saturated carbocycles. The number of rotatable bonds is 7. The van der Waals surface area contributed by atoms with Crippen LogP contribution in [-0.4, -0.2) is 60.4 Å². The zero-order chi connectivity index (χ0) is 18.8. The van der Waals surface area contributed by atoms with Crippen LogP contribution < -0.4 is 5.32 Å². The van der Waals surface area contributed by atoms with E-state index < -0.39 is 0 Å². The van der Waals surface area contributed by atoms with E-state index in [0.29, 0.717) is 37.9 Å². The number of amides is 2. The average Bonchev–Trinajstić information content (AvgIpc) is 3.48. The van der Waals surface area contributed by atoms with Gasteiger partial charge in [-0.1, -0.05) is 12.1 Å². The number of carbonyl (C=O) groups excluding carboxylic acids is 2. The van der Waals surface area contributed by atoms with Crippen molar-refractivity contribution in [2.24, 2.45) is 11.8 Å². The molecule has 5 rings (SSSR count). The average molecular weight is 373 g/mol. The molecular formula is C21H28FN3O2. The summed E-state index contributed by atoms with van der Waals surface area (Å²) in [5.74, 6) is 0.812. The lowest BCUT2D eigenvalue weighted by molar-refractivity contribution is -0.140. The monoisotopic (exact) mass is 373 g/mol. The molecule has 27 heavy (non-hydrogen) atoms. The smallest absolute Gasteiger partial charge is 0.234 e. The van der Waals surface area contributed by atoms with E-state index in [1.54, 1.807) is 12.1 Å². The van der Waals surface area contributed by atoms with E-state index in [-0.39, 0.29) is 23.7 Å². The Hall–Kier alpha value is -1.95. The van der Waals surface area contributed by atoms with E-state index in [0.717, 1.165) is 31.5 Å². The number of hydrogen-bond donors (Lipinski definition) is 1. The number of piperidine rings is 1. The van der Waals surface area contributed by atoms with Crippen molar-refractivity contribution < 1.29 is 14.0 Å². The highest BCUT2D eigenvalue weighted by atomic mass is 19.1. The maximum absolute atomic E-state index is 12.9. The first-order chi connectivity index (χ1) is 13.1. The van der Waals surface area contributed by atoms with Gasteiger partial charge in [-0.25, -0.2) is 4.39 Å². The minimum atomic E-state index is -0.246. The van der Waals surface area contributed by atoms with Gasteiger partial charge in [-0.3, -0.25) is 14.5 Å². The highest BCUT2D eigenvalue weighted by Crippen LogP contribution is 2.35. The molecule has 2 amide bonds. The largest absolute Gasteiger partial charge is 0.355 e. The third kappa shape index (κ3) is 4.67. The molecule has 3 heterocycles. The third-order valence-corrected chi connectivity index (χ3v) is 6.04. The standard InChI is InChI=1S/C21H28FN3O2/c22-18-6-3-15(4-7-18)9-10-23-20(26)14-24-12-17-5-8-19(13-24)25(21(17)27)11-16-1-2-16/h3-4,6-7,16-17,19H,1-2,5,8-14H2,(H,23,26). The molecule has 2 atom stereocenters. The number of nitrogens with one attached hydrogen (secondary N) is 1. The topological polar surface area (TPSA) is 52.7 Å². The molecule has 5 nitrogen and oxygen atoms in total. The number of fused-ring (bicyclic) bond motifs is 4. The quantitative estimate of drug-likeness (QED) is 0.793. The number of nitrogens with zero attached hydrogens (tertiary/aromatic N) is 2. The molecule has 6 heteroatoms. The van der Waals surface area contributed by atoms with Gasteiger partial charge in [0.2, 0.25) is 11.8 Å². The Labute approximate surface area is 159 Å². The van der Waals surface area contributed by atoms with Crippen LogP contribution in [0.1, 0.15) is 31.2 Å². The highest BCUT2D eigenvalue weighted by molar-refractivity contribution is 5.81. The maximum atomic E-state index is 12.9. The Morgan fingerprint density at radius 3 is 2.63 bits per heavy atom. The maximum Gasteiger partial charge on any atom is 0.234 e. The Morgan fingerprint density at radius 2 is 1.89 bits per heavy atom. The summed E-state index contributed by atoms with van der Waals surface area (Å²) >= 11 is 0. The van der Waals surface area contributed by atoms with Crippen molar-refractivity contribution in [2.45, 2.75) is 38.1 Å². The van der Waals surface area contributed by atoms with Gasteiger partial charge >= 0.3 is 0 Å². The van der Waals surface area contributed by atoms with Gasteiger partial charge in [0.05, 0.1) is 12.5 Å². The lowest BCUT2D eigenvalue weighted by atomic mass is 9.94. The van der Waals surface area contributed by atoms with E-state index in [1.165, 1.54) is 25.0 Å². The molecule has 0 spiro atoms. The van der Waals surface area contributed by atoms with Crippen molar-refractivity contribution in [1.82, 2.24) is 15.1 Å². The first-order valence-electron chi connectivity index (χ1n) is 10.1. The molecule has 3 saturated heterocycles. The molecule has 1 N–H and O–H groups in total. The van der Waals surface area contributed by atoms with Crippen molar-refractivity contribution in [3.8, 4) is 0 Å². The second-order valence-corrected chi connectivity index (χ2v) is 8.28. The summed E-state index contributed by atoms with van der Waals surface area (Å²) in [6.45, 7) is 3.30. The fourth-order valence-electron chi connectivity index (χ4n) is 4.33. The predicted octanol–water partition coefficient (Wildman–Crippen LogP) is 1.82. The lowest BCUT2D eigenvalue weighted by Crippen LogP contribution is -2.48. The van der Waals surface area contributed by atoms with Crippen molar-refractivity contribution in [2.75, 3.05) is 32.7 Å². The molecule has 0 aromatic heterocycles. The molecule has 1 aromatic carbocycles. The molecule has 1 aromatic rings. The van der Waals surface area contributed by atoms with Gasteiger partial charge in [-0.2, -0.15) is 0 Å². The van der Waals surface area contributed by atoms with Crippen LogP contribution in [0.3, 0.4) is 0 Å². The molecule has 4 fully saturated rings. The summed E-state index contributed by atoms with van der Waals surface area (Å²) < 4.78 is 12.9. The summed E-state index contributed by atoms with van der Waals surface area (Å²) in [6, 6.07) is 6.63. The van der Waals surface area contributed by atoms with Crippen LogP contribution in [-0.2, 0) is 16.0 Å². The van der Waals surface area contributed by atoms with Crippen molar-refractivity contribution in [1.29, 1.82) is 0 Å². The zero-order valence-electron chi connectivity index (χ0n) is 15.7. The second kappa shape index (κ2) is 7.97. The van der Waals surface area contributed by atoms with Gasteiger partial charge in [-0.15, -0.1) is 0 Å². The zero-order valence-corrected chi connectivity index (χ0v) is 15.7. The Kier molecular flexibility index (Phi) is 5.43. The first-order valence-corrected chi connectivity index (χ1v) is 10.1. The minimum Gasteiger partial charge on any atom is -0.355 e. The fourth-order valence-corrected chi connectivity index (χ4v) is 4.33. The van der Waals surface area contributed by atoms with Crippen LogP contribution in [0.15, 0.2) is 24.3 Å². The van der Waals surface area contributed by atoms with Crippen molar-refractivity contribution in [3.05, 3.63) is 35.6 Å². The van der Waals surface area contributed by atoms with Crippen LogP contribution in [0.25, 0.3) is 0 Å². The van der Waals surface area contributed by atoms with E-state index >= 15 is 0 Å². The van der Waals surface area contributed by atoms with E-state index in [4.69, 9.17) is 0 Å². The summed E-state index contributed by atoms with van der Waals surface area (Å²) in [5, 5.41) is 2.96. The molecule has 146 valence electrons. The number of halogens is 1. The molecule has 0 radical (unpaired) electrons. The number of benzene rings is 1. The summed E-state index contributed by atoms with van der Waals surface area (Å²) in [7, 11) is 0. The third-order valence-electron chi connectivity index (χ3n) is 6.04. The first kappa shape index (κ1) is 18.4. The summed E-state index contributed by atoms with van der Waals surface area (Å²) in [4.78, 5) is 29.3. The molecule has 4 aliphatic rings. The van der Waals surface area contributed by atoms with Gasteiger partial charge in [0.1, 0.15) is 5.82 Å². The Morgan fingerprint density at radius 1 is 1.11 bits per heavy atom. The molecule has 1 aliphatic carbocycles. The highest BCUT2D eigenvalue weighted by Gasteiger charge is 2.42. The van der Waals surface area contributed by atoms with Crippen molar-refractivity contribution in [3.63, 3.8) is 0 Å². The van der Waals surface area contributed by atoms with Gasteiger partial charge in [0, 0.05) is 32.2 Å². The van der Waals surface area contributed by atoms with Gasteiger partial charge in [0.15, 0.2) is 0 Å². The predicted molar refractivity (Wildman–Crippen MR) is 101 cm³/mol. The number of hydrogen-bond acceptors (Lipinski definition) is 3. The summed E-state index contributed by atoms with van der Waals surface area (Å²) in [6.07, 6.45) is 5.20. The Bertz CT molecular complexity index is 689. The normalized spacial score (nSPS) is 25.5. The van der Waals surface area contributed by atoms with Gasteiger partial charge in [0.25, 0.3) is 0 Å². The number of carbonyl (C=O) groups is 2. The van der Waals surface area contributed by atoms with E-state index in [1.807, 2.05) is 0 Å². The minimum absolute atomic E-state index is 0.000367. The van der Waals surface area contributed by atoms with E-state index in [2.05, 4.69) is 15.1 Å². The van der Waals surface area contributed by atoms with Crippen LogP contribution in [0.2, 0.25) is 0 Å². The molecule has 2 bridgehead atoms. The SMILES string of the molecule is O=C(CN1CC2CCC(C1)N(CC1CC1)C2=O)NCCc1ccc(F)cc1. The summed E-state index contributed by atoms with van der Waals surface area (Å²) in [5.41, 5.74) is 1.01. The van der Waals surface area contributed by atoms with E-state index in [9.17, 15) is 14.0 Å². The van der Waals surface area contributed by atoms with Gasteiger partial charge in [-0.05, 0) is 55.7 Å². The van der Waals surface area contributed by atoms with Gasteiger partial charge < -0.3 is 10.2 Å².